The van der Waals surface area contributed by atoms with E-state index in [4.69, 9.17) is 4.74 Å². The highest BCUT2D eigenvalue weighted by Gasteiger charge is 2.33. The fraction of sp³-hybridized carbons (Fsp3) is 0.727. The van der Waals surface area contributed by atoms with E-state index in [9.17, 15) is 0 Å². The highest BCUT2D eigenvalue weighted by molar-refractivity contribution is 5.17. The largest absolute Gasteiger partial charge is 0.370 e. The number of hydrogen-bond acceptors (Lipinski definition) is 1. The van der Waals surface area contributed by atoms with E-state index in [2.05, 4.69) is 58.0 Å². The van der Waals surface area contributed by atoms with Crippen molar-refractivity contribution in [2.45, 2.75) is 84.8 Å². The Hall–Kier alpha value is -0.820. The molecule has 130 valence electrons. The molecule has 1 fully saturated rings. The lowest BCUT2D eigenvalue weighted by molar-refractivity contribution is -0.0852. The second-order valence-electron chi connectivity index (χ2n) is 7.90. The zero-order valence-electron chi connectivity index (χ0n) is 15.6. The molecule has 0 heterocycles. The Morgan fingerprint density at radius 1 is 1.09 bits per heavy atom. The number of rotatable bonds is 8. The molecule has 0 amide bonds. The van der Waals surface area contributed by atoms with Gasteiger partial charge in [0, 0.05) is 0 Å². The van der Waals surface area contributed by atoms with Gasteiger partial charge in [-0.3, -0.25) is 0 Å². The maximum atomic E-state index is 6.77. The van der Waals surface area contributed by atoms with E-state index in [1.165, 1.54) is 44.1 Å². The van der Waals surface area contributed by atoms with Crippen molar-refractivity contribution < 1.29 is 4.74 Å². The van der Waals surface area contributed by atoms with Gasteiger partial charge in [-0.05, 0) is 42.6 Å². The van der Waals surface area contributed by atoms with Gasteiger partial charge < -0.3 is 4.74 Å². The predicted octanol–water partition coefficient (Wildman–Crippen LogP) is 6.79. The summed E-state index contributed by atoms with van der Waals surface area (Å²) in [5.74, 6) is 2.25. The summed E-state index contributed by atoms with van der Waals surface area (Å²) in [5, 5.41) is 0. The molecule has 2 rings (SSSR count). The van der Waals surface area contributed by atoms with E-state index < -0.39 is 0 Å². The molecule has 23 heavy (non-hydrogen) atoms. The number of unbranched alkanes of at least 4 members (excludes halogenated alkanes) is 2. The average Bonchev–Trinajstić information content (AvgIpc) is 2.54. The summed E-state index contributed by atoms with van der Waals surface area (Å²) in [7, 11) is 0. The number of ether oxygens (including phenoxy) is 1. The Morgan fingerprint density at radius 2 is 1.83 bits per heavy atom. The molecule has 0 bridgehead atoms. The molecular formula is C22H36O. The van der Waals surface area contributed by atoms with Crippen molar-refractivity contribution in [3.8, 4) is 0 Å². The Labute approximate surface area is 143 Å². The first-order valence-electron chi connectivity index (χ1n) is 9.82. The maximum absolute atomic E-state index is 6.77. The molecule has 0 aliphatic heterocycles. The monoisotopic (exact) mass is 316 g/mol. The van der Waals surface area contributed by atoms with Crippen molar-refractivity contribution in [1.29, 1.82) is 0 Å². The molecule has 1 saturated carbocycles. The van der Waals surface area contributed by atoms with Gasteiger partial charge in [0.05, 0.1) is 12.2 Å². The molecule has 1 aromatic carbocycles. The summed E-state index contributed by atoms with van der Waals surface area (Å²) in [4.78, 5) is 0. The third-order valence-electron chi connectivity index (χ3n) is 5.54. The van der Waals surface area contributed by atoms with Gasteiger partial charge in [-0.1, -0.05) is 83.7 Å². The first-order chi connectivity index (χ1) is 11.1. The lowest BCUT2D eigenvalue weighted by Gasteiger charge is -2.39. The average molecular weight is 317 g/mol. The second-order valence-corrected chi connectivity index (χ2v) is 7.90. The predicted molar refractivity (Wildman–Crippen MR) is 99.5 cm³/mol. The Morgan fingerprint density at radius 3 is 2.48 bits per heavy atom. The molecule has 1 aliphatic carbocycles. The fourth-order valence-corrected chi connectivity index (χ4v) is 4.04. The van der Waals surface area contributed by atoms with Crippen molar-refractivity contribution in [1.82, 2.24) is 0 Å². The van der Waals surface area contributed by atoms with Crippen molar-refractivity contribution in [2.24, 2.45) is 17.8 Å². The first-order valence-corrected chi connectivity index (χ1v) is 9.82. The van der Waals surface area contributed by atoms with Crippen molar-refractivity contribution in [2.75, 3.05) is 0 Å². The van der Waals surface area contributed by atoms with E-state index in [1.807, 2.05) is 0 Å². The van der Waals surface area contributed by atoms with Gasteiger partial charge in [0.15, 0.2) is 0 Å². The first kappa shape index (κ1) is 18.5. The van der Waals surface area contributed by atoms with Crippen LogP contribution in [0.2, 0.25) is 0 Å². The normalized spacial score (nSPS) is 26.4. The molecule has 1 aromatic rings. The summed E-state index contributed by atoms with van der Waals surface area (Å²) in [6.07, 6.45) is 9.66. The summed E-state index contributed by atoms with van der Waals surface area (Å²) in [6.45, 7) is 9.40. The third-order valence-corrected chi connectivity index (χ3v) is 5.54. The lowest BCUT2D eigenvalue weighted by Crippen LogP contribution is -2.35. The number of benzene rings is 1. The molecule has 0 N–H and O–H groups in total. The SMILES string of the molecule is CCCCCC(O[C@@H]1C[C@H](C)CC[C@H]1C(C)C)c1ccccc1. The molecule has 4 atom stereocenters. The quantitative estimate of drug-likeness (QED) is 0.480. The van der Waals surface area contributed by atoms with Crippen molar-refractivity contribution >= 4 is 0 Å². The van der Waals surface area contributed by atoms with E-state index in [1.54, 1.807) is 0 Å². The van der Waals surface area contributed by atoms with Crippen LogP contribution in [0, 0.1) is 17.8 Å². The standard InChI is InChI=1S/C22H36O/c1-5-6-8-13-21(19-11-9-7-10-12-19)23-22-16-18(4)14-15-20(22)17(2)3/h7,9-12,17-18,20-22H,5-6,8,13-16H2,1-4H3/t18-,20+,21?,22-/m1/s1. The zero-order chi connectivity index (χ0) is 16.7. The summed E-state index contributed by atoms with van der Waals surface area (Å²) in [6, 6.07) is 10.9. The van der Waals surface area contributed by atoms with Crippen LogP contribution in [0.4, 0.5) is 0 Å². The summed E-state index contributed by atoms with van der Waals surface area (Å²) >= 11 is 0. The second kappa shape index (κ2) is 9.47. The van der Waals surface area contributed by atoms with E-state index >= 15 is 0 Å². The van der Waals surface area contributed by atoms with E-state index in [0.717, 1.165) is 24.2 Å². The van der Waals surface area contributed by atoms with Crippen LogP contribution in [0.1, 0.15) is 84.3 Å². The van der Waals surface area contributed by atoms with Gasteiger partial charge in [0.2, 0.25) is 0 Å². The molecule has 1 unspecified atom stereocenters. The van der Waals surface area contributed by atoms with Crippen LogP contribution in [0.15, 0.2) is 30.3 Å². The third kappa shape index (κ3) is 5.64. The molecule has 0 aromatic heterocycles. The van der Waals surface area contributed by atoms with E-state index in [-0.39, 0.29) is 6.10 Å². The Balaban J connectivity index is 2.08. The zero-order valence-corrected chi connectivity index (χ0v) is 15.6. The summed E-state index contributed by atoms with van der Waals surface area (Å²) in [5.41, 5.74) is 1.37. The molecule has 1 nitrogen and oxygen atoms in total. The fourth-order valence-electron chi connectivity index (χ4n) is 4.04. The minimum absolute atomic E-state index is 0.277. The molecule has 1 aliphatic rings. The molecule has 1 heteroatoms. The summed E-state index contributed by atoms with van der Waals surface area (Å²) < 4.78 is 6.77. The topological polar surface area (TPSA) is 9.23 Å². The maximum Gasteiger partial charge on any atom is 0.0828 e. The van der Waals surface area contributed by atoms with Crippen LogP contribution in [0.3, 0.4) is 0 Å². The van der Waals surface area contributed by atoms with Crippen LogP contribution >= 0.6 is 0 Å². The van der Waals surface area contributed by atoms with Gasteiger partial charge in [0.25, 0.3) is 0 Å². The van der Waals surface area contributed by atoms with E-state index in [0.29, 0.717) is 6.10 Å². The Kier molecular flexibility index (Phi) is 7.62. The van der Waals surface area contributed by atoms with Gasteiger partial charge in [0.1, 0.15) is 0 Å². The molecule has 0 saturated heterocycles. The van der Waals surface area contributed by atoms with Crippen LogP contribution in [0.5, 0.6) is 0 Å². The van der Waals surface area contributed by atoms with Crippen LogP contribution < -0.4 is 0 Å². The Bertz CT molecular complexity index is 425. The molecular weight excluding hydrogens is 280 g/mol. The van der Waals surface area contributed by atoms with Gasteiger partial charge in [-0.25, -0.2) is 0 Å². The highest BCUT2D eigenvalue weighted by atomic mass is 16.5. The minimum Gasteiger partial charge on any atom is -0.370 e. The number of hydrogen-bond donors (Lipinski definition) is 0. The van der Waals surface area contributed by atoms with Crippen LogP contribution in [-0.2, 0) is 4.74 Å². The van der Waals surface area contributed by atoms with Gasteiger partial charge in [-0.15, -0.1) is 0 Å². The molecule has 0 spiro atoms. The van der Waals surface area contributed by atoms with Gasteiger partial charge in [-0.2, -0.15) is 0 Å². The smallest absolute Gasteiger partial charge is 0.0828 e. The minimum atomic E-state index is 0.277. The van der Waals surface area contributed by atoms with Crippen molar-refractivity contribution in [3.05, 3.63) is 35.9 Å². The lowest BCUT2D eigenvalue weighted by atomic mass is 9.75. The highest BCUT2D eigenvalue weighted by Crippen LogP contribution is 2.38. The van der Waals surface area contributed by atoms with Crippen molar-refractivity contribution in [3.63, 3.8) is 0 Å². The molecule has 0 radical (unpaired) electrons. The van der Waals surface area contributed by atoms with Crippen LogP contribution in [0.25, 0.3) is 0 Å². The van der Waals surface area contributed by atoms with Crippen LogP contribution in [-0.4, -0.2) is 6.10 Å². The van der Waals surface area contributed by atoms with Gasteiger partial charge >= 0.3 is 0 Å².